The van der Waals surface area contributed by atoms with E-state index in [9.17, 15) is 29.3 Å². The Labute approximate surface area is 271 Å². The van der Waals surface area contributed by atoms with Gasteiger partial charge in [-0.1, -0.05) is 51.8 Å². The van der Waals surface area contributed by atoms with Crippen LogP contribution < -0.4 is 4.90 Å². The molecule has 1 aliphatic heterocycles. The van der Waals surface area contributed by atoms with Crippen LogP contribution in [0.4, 0.5) is 11.4 Å². The molecule has 11 heteroatoms. The number of imide groups is 1. The summed E-state index contributed by atoms with van der Waals surface area (Å²) in [6.07, 6.45) is 3.00. The minimum atomic E-state index is -0.767. The molecule has 3 aromatic carbocycles. The Balaban J connectivity index is 1.15. The van der Waals surface area contributed by atoms with Crippen LogP contribution in [0, 0.1) is 40.7 Å². The van der Waals surface area contributed by atoms with Gasteiger partial charge in [-0.3, -0.25) is 29.4 Å². The summed E-state index contributed by atoms with van der Waals surface area (Å²) < 4.78 is 6.11. The zero-order valence-electron chi connectivity index (χ0n) is 24.7. The summed E-state index contributed by atoms with van der Waals surface area (Å²) in [5.74, 6) is -2.03. The van der Waals surface area contributed by atoms with Crippen molar-refractivity contribution in [2.24, 2.45) is 23.7 Å². The van der Waals surface area contributed by atoms with Crippen LogP contribution in [0.3, 0.4) is 0 Å². The topological polar surface area (TPSA) is 137 Å². The van der Waals surface area contributed by atoms with Gasteiger partial charge < -0.3 is 4.74 Å². The van der Waals surface area contributed by atoms with E-state index in [0.29, 0.717) is 37.9 Å². The average Bonchev–Trinajstić information content (AvgIpc) is 3.68. The summed E-state index contributed by atoms with van der Waals surface area (Å²) in [6, 6.07) is 17.8. The number of carbonyl (C=O) groups is 4. The number of ether oxygens (including phenoxy) is 1. The lowest BCUT2D eigenvalue weighted by atomic mass is 9.82. The standard InChI is InChI=1S/C35H26BrN3O7/c1-17-3-4-20(13-29(17)39(44)45)30(40)16-46-35(43)26-15-28(37-27-10-7-22(36)14-25(26)27)19-5-8-23(9-6-19)38-33(41)31-21-11-18(2)24(12-21)32(31)34(38)42/h3-11,13-15,21,24,31-32H,12,16H2,1-2H3. The Morgan fingerprint density at radius 3 is 2.48 bits per heavy atom. The van der Waals surface area contributed by atoms with Gasteiger partial charge in [-0.2, -0.15) is 0 Å². The molecule has 1 aromatic heterocycles. The van der Waals surface area contributed by atoms with E-state index in [-0.39, 0.29) is 52.3 Å². The number of allylic oxidation sites excluding steroid dienone is 2. The van der Waals surface area contributed by atoms with Gasteiger partial charge in [0.1, 0.15) is 0 Å². The highest BCUT2D eigenvalue weighted by atomic mass is 79.9. The van der Waals surface area contributed by atoms with Gasteiger partial charge in [-0.05, 0) is 68.5 Å². The third kappa shape index (κ3) is 4.82. The van der Waals surface area contributed by atoms with E-state index in [2.05, 4.69) is 22.0 Å². The first-order chi connectivity index (χ1) is 22.0. The minimum Gasteiger partial charge on any atom is -0.454 e. The first-order valence-electron chi connectivity index (χ1n) is 14.7. The number of aryl methyl sites for hydroxylation is 1. The van der Waals surface area contributed by atoms with E-state index >= 15 is 0 Å². The second-order valence-electron chi connectivity index (χ2n) is 12.0. The van der Waals surface area contributed by atoms with Crippen molar-refractivity contribution in [1.82, 2.24) is 4.98 Å². The second-order valence-corrected chi connectivity index (χ2v) is 12.9. The number of benzene rings is 3. The zero-order valence-corrected chi connectivity index (χ0v) is 26.3. The summed E-state index contributed by atoms with van der Waals surface area (Å²) in [4.78, 5) is 69.7. The molecule has 10 nitrogen and oxygen atoms in total. The average molecular weight is 681 g/mol. The molecule has 4 unspecified atom stereocenters. The molecule has 7 rings (SSSR count). The van der Waals surface area contributed by atoms with Crippen LogP contribution in [-0.2, 0) is 14.3 Å². The molecule has 46 heavy (non-hydrogen) atoms. The molecular formula is C35H26BrN3O7. The minimum absolute atomic E-state index is 0.0610. The van der Waals surface area contributed by atoms with Crippen LogP contribution in [0.1, 0.15) is 39.6 Å². The first-order valence-corrected chi connectivity index (χ1v) is 15.5. The molecule has 4 aromatic rings. The highest BCUT2D eigenvalue weighted by Gasteiger charge is 2.60. The summed E-state index contributed by atoms with van der Waals surface area (Å²) in [6.45, 7) is 2.99. The molecule has 4 atom stereocenters. The van der Waals surface area contributed by atoms with E-state index in [0.717, 1.165) is 6.42 Å². The lowest BCUT2D eigenvalue weighted by Crippen LogP contribution is -2.32. The maximum absolute atomic E-state index is 13.4. The lowest BCUT2D eigenvalue weighted by Gasteiger charge is -2.19. The number of amides is 2. The number of Topliss-reactive ketones (excluding diaryl/α,β-unsaturated/α-hetero) is 1. The molecule has 2 aliphatic carbocycles. The Bertz CT molecular complexity index is 2060. The van der Waals surface area contributed by atoms with Crippen LogP contribution in [0.15, 0.2) is 82.9 Å². The number of halogens is 1. The predicted molar refractivity (Wildman–Crippen MR) is 172 cm³/mol. The Morgan fingerprint density at radius 2 is 1.74 bits per heavy atom. The van der Waals surface area contributed by atoms with Gasteiger partial charge in [0, 0.05) is 32.6 Å². The number of aromatic nitrogens is 1. The predicted octanol–water partition coefficient (Wildman–Crippen LogP) is 6.62. The molecule has 2 bridgehead atoms. The number of hydrogen-bond donors (Lipinski definition) is 0. The van der Waals surface area contributed by atoms with Gasteiger partial charge >= 0.3 is 5.97 Å². The van der Waals surface area contributed by atoms with Gasteiger partial charge in [0.05, 0.1) is 39.2 Å². The van der Waals surface area contributed by atoms with Crippen molar-refractivity contribution >= 4 is 61.8 Å². The smallest absolute Gasteiger partial charge is 0.339 e. The van der Waals surface area contributed by atoms with E-state index in [1.807, 2.05) is 6.92 Å². The van der Waals surface area contributed by atoms with Gasteiger partial charge in [-0.15, -0.1) is 0 Å². The summed E-state index contributed by atoms with van der Waals surface area (Å²) in [5.41, 5.74) is 3.72. The monoisotopic (exact) mass is 679 g/mol. The third-order valence-corrected chi connectivity index (χ3v) is 9.85. The van der Waals surface area contributed by atoms with Crippen molar-refractivity contribution < 1.29 is 28.8 Å². The lowest BCUT2D eigenvalue weighted by molar-refractivity contribution is -0.385. The third-order valence-electron chi connectivity index (χ3n) is 9.35. The molecule has 230 valence electrons. The van der Waals surface area contributed by atoms with Crippen molar-refractivity contribution in [2.45, 2.75) is 20.3 Å². The van der Waals surface area contributed by atoms with Crippen LogP contribution in [0.2, 0.25) is 0 Å². The first kappa shape index (κ1) is 29.7. The molecule has 2 heterocycles. The number of rotatable bonds is 7. The normalized spacial score (nSPS) is 21.5. The van der Waals surface area contributed by atoms with Crippen molar-refractivity contribution in [1.29, 1.82) is 0 Å². The summed E-state index contributed by atoms with van der Waals surface area (Å²) >= 11 is 3.43. The zero-order chi connectivity index (χ0) is 32.4. The maximum atomic E-state index is 13.4. The molecule has 0 N–H and O–H groups in total. The van der Waals surface area contributed by atoms with Crippen molar-refractivity contribution in [3.8, 4) is 11.3 Å². The Kier molecular flexibility index (Phi) is 7.16. The molecule has 2 amide bonds. The largest absolute Gasteiger partial charge is 0.454 e. The number of pyridine rings is 1. The van der Waals surface area contributed by atoms with E-state index in [1.54, 1.807) is 55.5 Å². The maximum Gasteiger partial charge on any atom is 0.339 e. The number of nitro groups is 1. The number of hydrogen-bond acceptors (Lipinski definition) is 8. The highest BCUT2D eigenvalue weighted by Crippen LogP contribution is 2.56. The molecule has 0 radical (unpaired) electrons. The number of carbonyl (C=O) groups excluding carboxylic acids is 4. The van der Waals surface area contributed by atoms with Crippen LogP contribution in [0.25, 0.3) is 22.2 Å². The van der Waals surface area contributed by atoms with E-state index in [1.165, 1.54) is 28.7 Å². The van der Waals surface area contributed by atoms with Crippen molar-refractivity contribution in [2.75, 3.05) is 11.5 Å². The number of esters is 1. The summed E-state index contributed by atoms with van der Waals surface area (Å²) in [5, 5.41) is 11.8. The number of nitro benzene ring substituents is 1. The highest BCUT2D eigenvalue weighted by molar-refractivity contribution is 9.10. The number of ketones is 1. The van der Waals surface area contributed by atoms with Crippen LogP contribution in [0.5, 0.6) is 0 Å². The number of nitrogens with zero attached hydrogens (tertiary/aromatic N) is 3. The van der Waals surface area contributed by atoms with Crippen molar-refractivity contribution in [3.05, 3.63) is 110 Å². The van der Waals surface area contributed by atoms with Gasteiger partial charge in [0.2, 0.25) is 17.6 Å². The quantitative estimate of drug-likeness (QED) is 0.0531. The fraction of sp³-hybridized carbons (Fsp3) is 0.229. The van der Waals surface area contributed by atoms with Gasteiger partial charge in [-0.25, -0.2) is 9.78 Å². The van der Waals surface area contributed by atoms with Gasteiger partial charge in [0.25, 0.3) is 5.69 Å². The Morgan fingerprint density at radius 1 is 1.00 bits per heavy atom. The van der Waals surface area contributed by atoms with E-state index in [4.69, 9.17) is 9.72 Å². The molecule has 1 saturated heterocycles. The Hall–Kier alpha value is -5.03. The summed E-state index contributed by atoms with van der Waals surface area (Å²) in [7, 11) is 0. The molecular weight excluding hydrogens is 654 g/mol. The molecule has 3 aliphatic rings. The fourth-order valence-corrected chi connectivity index (χ4v) is 7.46. The van der Waals surface area contributed by atoms with Crippen LogP contribution >= 0.6 is 15.9 Å². The number of anilines is 1. The molecule has 1 saturated carbocycles. The SMILES string of the molecule is CC1=CC2CC1C1C(=O)N(c3ccc(-c4cc(C(=O)OCC(=O)c5ccc(C)c([N+](=O)[O-])c5)c5cc(Br)ccc5n4)cc3)C(=O)C21. The number of fused-ring (bicyclic) bond motifs is 6. The fourth-order valence-electron chi connectivity index (χ4n) is 7.10. The van der Waals surface area contributed by atoms with Crippen molar-refractivity contribution in [3.63, 3.8) is 0 Å². The molecule has 2 fully saturated rings. The van der Waals surface area contributed by atoms with E-state index < -0.39 is 23.3 Å². The van der Waals surface area contributed by atoms with Crippen LogP contribution in [-0.4, -0.2) is 40.1 Å². The van der Waals surface area contributed by atoms with Gasteiger partial charge in [0.15, 0.2) is 6.61 Å². The molecule has 0 spiro atoms. The second kappa shape index (κ2) is 11.1.